The van der Waals surface area contributed by atoms with Crippen LogP contribution in [0.25, 0.3) is 0 Å². The van der Waals surface area contributed by atoms with Crippen molar-refractivity contribution in [3.05, 3.63) is 12.4 Å². The second kappa shape index (κ2) is 5.34. The summed E-state index contributed by atoms with van der Waals surface area (Å²) in [7, 11) is 0. The number of imidazole rings is 1. The Morgan fingerprint density at radius 1 is 1.62 bits per heavy atom. The van der Waals surface area contributed by atoms with Crippen molar-refractivity contribution >= 4 is 5.95 Å². The van der Waals surface area contributed by atoms with Gasteiger partial charge < -0.3 is 14.6 Å². The third kappa shape index (κ3) is 2.55. The van der Waals surface area contributed by atoms with E-state index in [2.05, 4.69) is 28.7 Å². The van der Waals surface area contributed by atoms with Gasteiger partial charge in [-0.1, -0.05) is 13.3 Å². The number of rotatable bonds is 5. The van der Waals surface area contributed by atoms with Crippen LogP contribution in [0.2, 0.25) is 0 Å². The Morgan fingerprint density at radius 3 is 3.19 bits per heavy atom. The first-order chi connectivity index (χ1) is 7.81. The van der Waals surface area contributed by atoms with Crippen molar-refractivity contribution in [2.75, 3.05) is 11.9 Å². The first-order valence-electron chi connectivity index (χ1n) is 6.20. The van der Waals surface area contributed by atoms with E-state index in [4.69, 9.17) is 4.74 Å². The monoisotopic (exact) mass is 223 g/mol. The molecule has 1 aliphatic heterocycles. The van der Waals surface area contributed by atoms with Gasteiger partial charge in [0.25, 0.3) is 0 Å². The summed E-state index contributed by atoms with van der Waals surface area (Å²) >= 11 is 0. The molecule has 2 rings (SSSR count). The lowest BCUT2D eigenvalue weighted by molar-refractivity contribution is 0.121. The number of hydrogen-bond acceptors (Lipinski definition) is 3. The number of hydrogen-bond donors (Lipinski definition) is 1. The molecule has 1 aromatic rings. The maximum Gasteiger partial charge on any atom is 0.203 e. The molecule has 16 heavy (non-hydrogen) atoms. The van der Waals surface area contributed by atoms with Gasteiger partial charge >= 0.3 is 0 Å². The lowest BCUT2D eigenvalue weighted by Crippen LogP contribution is -2.28. The van der Waals surface area contributed by atoms with Gasteiger partial charge in [-0.2, -0.15) is 0 Å². The summed E-state index contributed by atoms with van der Waals surface area (Å²) in [6, 6.07) is 0.405. The van der Waals surface area contributed by atoms with Crippen LogP contribution in [0, 0.1) is 0 Å². The highest BCUT2D eigenvalue weighted by Gasteiger charge is 2.24. The fourth-order valence-electron chi connectivity index (χ4n) is 2.05. The summed E-state index contributed by atoms with van der Waals surface area (Å²) in [4.78, 5) is 4.36. The molecule has 0 radical (unpaired) electrons. The van der Waals surface area contributed by atoms with E-state index in [9.17, 15) is 0 Å². The second-order valence-electron chi connectivity index (χ2n) is 4.41. The zero-order valence-electron chi connectivity index (χ0n) is 10.1. The number of ether oxygens (including phenoxy) is 1. The average Bonchev–Trinajstić information content (AvgIpc) is 2.87. The van der Waals surface area contributed by atoms with E-state index in [1.54, 1.807) is 0 Å². The fourth-order valence-corrected chi connectivity index (χ4v) is 2.05. The SMILES string of the molecule is CCCCn1ccnc1NC1CCOC1C. The Labute approximate surface area is 97.0 Å². The molecule has 4 nitrogen and oxygen atoms in total. The molecule has 0 bridgehead atoms. The summed E-state index contributed by atoms with van der Waals surface area (Å²) in [6.07, 6.45) is 7.66. The van der Waals surface area contributed by atoms with Gasteiger partial charge in [0.2, 0.25) is 5.95 Å². The highest BCUT2D eigenvalue weighted by molar-refractivity contribution is 5.28. The Kier molecular flexibility index (Phi) is 3.83. The maximum atomic E-state index is 5.54. The van der Waals surface area contributed by atoms with Gasteiger partial charge in [-0.3, -0.25) is 0 Å². The second-order valence-corrected chi connectivity index (χ2v) is 4.41. The molecule has 0 spiro atoms. The predicted molar refractivity (Wildman–Crippen MR) is 64.6 cm³/mol. The van der Waals surface area contributed by atoms with E-state index in [-0.39, 0.29) is 6.10 Å². The Bertz CT molecular complexity index is 324. The summed E-state index contributed by atoms with van der Waals surface area (Å²) in [5, 5.41) is 3.47. The quantitative estimate of drug-likeness (QED) is 0.832. The van der Waals surface area contributed by atoms with E-state index in [1.807, 2.05) is 12.4 Å². The predicted octanol–water partition coefficient (Wildman–Crippen LogP) is 2.27. The van der Waals surface area contributed by atoms with Gasteiger partial charge in [0.05, 0.1) is 12.1 Å². The summed E-state index contributed by atoms with van der Waals surface area (Å²) in [6.45, 7) is 6.22. The zero-order chi connectivity index (χ0) is 11.4. The third-order valence-electron chi connectivity index (χ3n) is 3.16. The number of nitrogens with zero attached hydrogens (tertiary/aromatic N) is 2. The van der Waals surface area contributed by atoms with Gasteiger partial charge in [-0.05, 0) is 19.8 Å². The number of aromatic nitrogens is 2. The van der Waals surface area contributed by atoms with Gasteiger partial charge in [-0.15, -0.1) is 0 Å². The van der Waals surface area contributed by atoms with Crippen LogP contribution in [0.5, 0.6) is 0 Å². The Hall–Kier alpha value is -1.03. The van der Waals surface area contributed by atoms with Crippen LogP contribution >= 0.6 is 0 Å². The average molecular weight is 223 g/mol. The molecular formula is C12H21N3O. The molecule has 0 aliphatic carbocycles. The van der Waals surface area contributed by atoms with Crippen LogP contribution in [-0.4, -0.2) is 28.3 Å². The van der Waals surface area contributed by atoms with E-state index < -0.39 is 0 Å². The molecule has 1 saturated heterocycles. The molecule has 1 fully saturated rings. The highest BCUT2D eigenvalue weighted by Crippen LogP contribution is 2.18. The minimum Gasteiger partial charge on any atom is -0.376 e. The number of aryl methyl sites for hydroxylation is 1. The lowest BCUT2D eigenvalue weighted by Gasteiger charge is -2.17. The normalized spacial score (nSPS) is 24.9. The van der Waals surface area contributed by atoms with Crippen molar-refractivity contribution in [1.82, 2.24) is 9.55 Å². The molecule has 2 atom stereocenters. The minimum absolute atomic E-state index is 0.288. The standard InChI is InChI=1S/C12H21N3O/c1-3-4-7-15-8-6-13-12(15)14-11-5-9-16-10(11)2/h6,8,10-11H,3-5,7,9H2,1-2H3,(H,13,14). The number of anilines is 1. The minimum atomic E-state index is 0.288. The van der Waals surface area contributed by atoms with Crippen LogP contribution < -0.4 is 5.32 Å². The first-order valence-corrected chi connectivity index (χ1v) is 6.20. The fraction of sp³-hybridized carbons (Fsp3) is 0.750. The maximum absolute atomic E-state index is 5.54. The molecule has 1 aromatic heterocycles. The van der Waals surface area contributed by atoms with E-state index >= 15 is 0 Å². The zero-order valence-corrected chi connectivity index (χ0v) is 10.1. The Balaban J connectivity index is 1.95. The molecule has 90 valence electrons. The molecule has 0 amide bonds. The largest absolute Gasteiger partial charge is 0.376 e. The molecule has 1 N–H and O–H groups in total. The van der Waals surface area contributed by atoms with Gasteiger partial charge in [0.1, 0.15) is 0 Å². The first kappa shape index (κ1) is 11.5. The van der Waals surface area contributed by atoms with Crippen LogP contribution in [0.3, 0.4) is 0 Å². The third-order valence-corrected chi connectivity index (χ3v) is 3.16. The van der Waals surface area contributed by atoms with Crippen molar-refractivity contribution in [3.63, 3.8) is 0 Å². The summed E-state index contributed by atoms with van der Waals surface area (Å²) in [5.74, 6) is 0.982. The Morgan fingerprint density at radius 2 is 2.50 bits per heavy atom. The molecule has 4 heteroatoms. The number of unbranched alkanes of at least 4 members (excludes halogenated alkanes) is 1. The number of nitrogens with one attached hydrogen (secondary N) is 1. The molecule has 2 heterocycles. The van der Waals surface area contributed by atoms with Crippen LogP contribution in [-0.2, 0) is 11.3 Å². The van der Waals surface area contributed by atoms with Gasteiger partial charge in [0.15, 0.2) is 0 Å². The smallest absolute Gasteiger partial charge is 0.203 e. The topological polar surface area (TPSA) is 39.1 Å². The van der Waals surface area contributed by atoms with Crippen molar-refractivity contribution < 1.29 is 4.74 Å². The van der Waals surface area contributed by atoms with Crippen LogP contribution in [0.4, 0.5) is 5.95 Å². The highest BCUT2D eigenvalue weighted by atomic mass is 16.5. The van der Waals surface area contributed by atoms with Crippen LogP contribution in [0.1, 0.15) is 33.1 Å². The molecule has 0 saturated carbocycles. The molecule has 0 aromatic carbocycles. The lowest BCUT2D eigenvalue weighted by atomic mass is 10.2. The van der Waals surface area contributed by atoms with Gasteiger partial charge in [0, 0.05) is 25.5 Å². The van der Waals surface area contributed by atoms with Gasteiger partial charge in [-0.25, -0.2) is 4.98 Å². The van der Waals surface area contributed by atoms with E-state index in [0.29, 0.717) is 6.04 Å². The molecule has 2 unspecified atom stereocenters. The van der Waals surface area contributed by atoms with Crippen molar-refractivity contribution in [2.45, 2.75) is 51.8 Å². The summed E-state index contributed by atoms with van der Waals surface area (Å²) < 4.78 is 7.72. The van der Waals surface area contributed by atoms with Crippen molar-refractivity contribution in [2.24, 2.45) is 0 Å². The molecule has 1 aliphatic rings. The van der Waals surface area contributed by atoms with E-state index in [0.717, 1.165) is 25.5 Å². The summed E-state index contributed by atoms with van der Waals surface area (Å²) in [5.41, 5.74) is 0. The van der Waals surface area contributed by atoms with Crippen molar-refractivity contribution in [3.8, 4) is 0 Å². The van der Waals surface area contributed by atoms with Crippen molar-refractivity contribution in [1.29, 1.82) is 0 Å². The van der Waals surface area contributed by atoms with E-state index in [1.165, 1.54) is 12.8 Å². The molecular weight excluding hydrogens is 202 g/mol. The van der Waals surface area contributed by atoms with Crippen LogP contribution in [0.15, 0.2) is 12.4 Å².